The van der Waals surface area contributed by atoms with Crippen LogP contribution in [-0.2, 0) is 7.05 Å². The van der Waals surface area contributed by atoms with Crippen LogP contribution in [0, 0.1) is 13.8 Å². The first kappa shape index (κ1) is 12.1. The van der Waals surface area contributed by atoms with E-state index >= 15 is 0 Å². The highest BCUT2D eigenvalue weighted by Gasteiger charge is 2.11. The molecule has 2 aromatic heterocycles. The molecule has 2 N–H and O–H groups in total. The predicted octanol–water partition coefficient (Wildman–Crippen LogP) is 0.978. The molecule has 0 radical (unpaired) electrons. The van der Waals surface area contributed by atoms with Gasteiger partial charge in [0.1, 0.15) is 0 Å². The summed E-state index contributed by atoms with van der Waals surface area (Å²) in [6.45, 7) is 3.73. The van der Waals surface area contributed by atoms with Gasteiger partial charge in [0, 0.05) is 36.1 Å². The normalized spacial score (nSPS) is 10.4. The molecule has 0 atom stereocenters. The molecule has 0 aliphatic heterocycles. The third kappa shape index (κ3) is 2.17. The van der Waals surface area contributed by atoms with Crippen LogP contribution in [0.15, 0.2) is 23.1 Å². The zero-order valence-corrected chi connectivity index (χ0v) is 10.4. The Labute approximate surface area is 104 Å². The number of amides is 1. The Morgan fingerprint density at radius 2 is 2.17 bits per heavy atom. The molecule has 0 aliphatic carbocycles. The lowest BCUT2D eigenvalue weighted by atomic mass is 10.2. The number of aryl methyl sites for hydroxylation is 2. The lowest BCUT2D eigenvalue weighted by molar-refractivity contribution is 0.102. The van der Waals surface area contributed by atoms with Crippen LogP contribution < -0.4 is 10.9 Å². The quantitative estimate of drug-likeness (QED) is 0.828. The van der Waals surface area contributed by atoms with E-state index in [1.807, 2.05) is 13.8 Å². The van der Waals surface area contributed by atoms with Gasteiger partial charge in [-0.1, -0.05) is 0 Å². The summed E-state index contributed by atoms with van der Waals surface area (Å²) in [7, 11) is 1.63. The highest BCUT2D eigenvalue weighted by atomic mass is 16.2. The Morgan fingerprint density at radius 3 is 2.72 bits per heavy atom. The van der Waals surface area contributed by atoms with E-state index in [-0.39, 0.29) is 11.5 Å². The average Bonchev–Trinajstić information content (AvgIpc) is 2.64. The second kappa shape index (κ2) is 4.48. The Kier molecular flexibility index (Phi) is 3.01. The van der Waals surface area contributed by atoms with Crippen molar-refractivity contribution in [2.75, 3.05) is 5.32 Å². The topological polar surface area (TPSA) is 79.8 Å². The summed E-state index contributed by atoms with van der Waals surface area (Å²) in [6.07, 6.45) is 1.56. The van der Waals surface area contributed by atoms with Crippen LogP contribution in [0.3, 0.4) is 0 Å². The van der Waals surface area contributed by atoms with Gasteiger partial charge >= 0.3 is 0 Å². The van der Waals surface area contributed by atoms with Crippen molar-refractivity contribution in [2.24, 2.45) is 7.05 Å². The van der Waals surface area contributed by atoms with Gasteiger partial charge in [-0.25, -0.2) is 0 Å². The molecule has 6 heteroatoms. The number of aromatic amines is 1. The molecule has 0 aliphatic rings. The first-order chi connectivity index (χ1) is 8.49. The summed E-state index contributed by atoms with van der Waals surface area (Å²) in [5, 5.41) is 9.43. The maximum absolute atomic E-state index is 11.9. The minimum atomic E-state index is -0.345. The van der Waals surface area contributed by atoms with Crippen molar-refractivity contribution < 1.29 is 4.79 Å². The second-order valence-electron chi connectivity index (χ2n) is 4.14. The van der Waals surface area contributed by atoms with Gasteiger partial charge in [-0.15, -0.1) is 0 Å². The Bertz CT molecular complexity index is 654. The lowest BCUT2D eigenvalue weighted by Crippen LogP contribution is -2.20. The third-order valence-corrected chi connectivity index (χ3v) is 2.85. The number of pyridine rings is 1. The van der Waals surface area contributed by atoms with E-state index < -0.39 is 0 Å². The fraction of sp³-hybridized carbons (Fsp3) is 0.250. The second-order valence-corrected chi connectivity index (χ2v) is 4.14. The number of hydrogen-bond donors (Lipinski definition) is 2. The van der Waals surface area contributed by atoms with Crippen LogP contribution in [0.5, 0.6) is 0 Å². The standard InChI is InChI=1S/C12H14N4O2/c1-7-8(2)14-15-11(7)13-12(18)9-4-5-16(3)10(17)6-9/h4-6H,1-3H3,(H2,13,14,15,18). The predicted molar refractivity (Wildman–Crippen MR) is 67.7 cm³/mol. The van der Waals surface area contributed by atoms with Crippen molar-refractivity contribution >= 4 is 11.7 Å². The Balaban J connectivity index is 2.25. The number of carbonyl (C=O) groups excluding carboxylic acids is 1. The molecule has 0 spiro atoms. The molecule has 0 fully saturated rings. The van der Waals surface area contributed by atoms with E-state index in [0.717, 1.165) is 11.3 Å². The van der Waals surface area contributed by atoms with Gasteiger partial charge in [0.25, 0.3) is 11.5 Å². The number of hydrogen-bond acceptors (Lipinski definition) is 3. The number of anilines is 1. The lowest BCUT2D eigenvalue weighted by Gasteiger charge is -2.04. The Morgan fingerprint density at radius 1 is 1.44 bits per heavy atom. The zero-order chi connectivity index (χ0) is 13.3. The minimum Gasteiger partial charge on any atom is -0.319 e. The maximum atomic E-state index is 11.9. The molecule has 94 valence electrons. The van der Waals surface area contributed by atoms with Crippen LogP contribution >= 0.6 is 0 Å². The van der Waals surface area contributed by atoms with Crippen LogP contribution in [-0.4, -0.2) is 20.7 Å². The number of rotatable bonds is 2. The highest BCUT2D eigenvalue weighted by Crippen LogP contribution is 2.14. The van der Waals surface area contributed by atoms with Crippen LogP contribution in [0.4, 0.5) is 5.82 Å². The fourth-order valence-electron chi connectivity index (χ4n) is 1.48. The number of aromatic nitrogens is 3. The summed E-state index contributed by atoms with van der Waals surface area (Å²) >= 11 is 0. The maximum Gasteiger partial charge on any atom is 0.257 e. The zero-order valence-electron chi connectivity index (χ0n) is 10.4. The molecule has 6 nitrogen and oxygen atoms in total. The number of H-pyrrole nitrogens is 1. The first-order valence-corrected chi connectivity index (χ1v) is 5.48. The molecule has 1 amide bonds. The molecule has 0 bridgehead atoms. The monoisotopic (exact) mass is 246 g/mol. The van der Waals surface area contributed by atoms with Crippen molar-refractivity contribution in [1.82, 2.24) is 14.8 Å². The van der Waals surface area contributed by atoms with Crippen LogP contribution in [0.1, 0.15) is 21.6 Å². The summed E-state index contributed by atoms with van der Waals surface area (Å²) in [5.41, 5.74) is 1.87. The van der Waals surface area contributed by atoms with Gasteiger partial charge in [-0.2, -0.15) is 5.10 Å². The molecule has 0 aromatic carbocycles. The summed E-state index contributed by atoms with van der Waals surface area (Å²) in [4.78, 5) is 23.4. The summed E-state index contributed by atoms with van der Waals surface area (Å²) < 4.78 is 1.40. The summed E-state index contributed by atoms with van der Waals surface area (Å²) in [5.74, 6) is 0.139. The van der Waals surface area contributed by atoms with Crippen molar-refractivity contribution in [2.45, 2.75) is 13.8 Å². The number of carbonyl (C=O) groups is 1. The van der Waals surface area contributed by atoms with Crippen LogP contribution in [0.25, 0.3) is 0 Å². The van der Waals surface area contributed by atoms with Crippen molar-refractivity contribution in [3.05, 3.63) is 45.5 Å². The van der Waals surface area contributed by atoms with E-state index in [1.54, 1.807) is 19.3 Å². The molecule has 2 heterocycles. The molecule has 18 heavy (non-hydrogen) atoms. The number of nitrogens with zero attached hydrogens (tertiary/aromatic N) is 2. The van der Waals surface area contributed by atoms with Gasteiger partial charge in [0.2, 0.25) is 0 Å². The molecule has 2 rings (SSSR count). The van der Waals surface area contributed by atoms with E-state index in [2.05, 4.69) is 15.5 Å². The van der Waals surface area contributed by atoms with E-state index in [9.17, 15) is 9.59 Å². The highest BCUT2D eigenvalue weighted by molar-refractivity contribution is 6.03. The molecule has 2 aromatic rings. The van der Waals surface area contributed by atoms with Crippen molar-refractivity contribution in [1.29, 1.82) is 0 Å². The average molecular weight is 246 g/mol. The SMILES string of the molecule is Cc1[nH]nc(NC(=O)c2ccn(C)c(=O)c2)c1C. The Hall–Kier alpha value is -2.37. The molecular weight excluding hydrogens is 232 g/mol. The largest absolute Gasteiger partial charge is 0.319 e. The molecule has 0 saturated heterocycles. The first-order valence-electron chi connectivity index (χ1n) is 5.48. The van der Waals surface area contributed by atoms with Crippen LogP contribution in [0.2, 0.25) is 0 Å². The summed E-state index contributed by atoms with van der Waals surface area (Å²) in [6, 6.07) is 2.88. The van der Waals surface area contributed by atoms with E-state index in [1.165, 1.54) is 10.6 Å². The number of nitrogens with one attached hydrogen (secondary N) is 2. The third-order valence-electron chi connectivity index (χ3n) is 2.85. The van der Waals surface area contributed by atoms with Gasteiger partial charge in [0.15, 0.2) is 5.82 Å². The van der Waals surface area contributed by atoms with E-state index in [4.69, 9.17) is 0 Å². The molecule has 0 saturated carbocycles. The van der Waals surface area contributed by atoms with Gasteiger partial charge in [0.05, 0.1) is 0 Å². The van der Waals surface area contributed by atoms with E-state index in [0.29, 0.717) is 11.4 Å². The smallest absolute Gasteiger partial charge is 0.257 e. The van der Waals surface area contributed by atoms with Gasteiger partial charge < -0.3 is 9.88 Å². The minimum absolute atomic E-state index is 0.224. The molecule has 0 unspecified atom stereocenters. The molecular formula is C12H14N4O2. The van der Waals surface area contributed by atoms with Crippen molar-refractivity contribution in [3.8, 4) is 0 Å². The van der Waals surface area contributed by atoms with Crippen molar-refractivity contribution in [3.63, 3.8) is 0 Å². The fourth-order valence-corrected chi connectivity index (χ4v) is 1.48. The van der Waals surface area contributed by atoms with Gasteiger partial charge in [-0.3, -0.25) is 14.7 Å². The van der Waals surface area contributed by atoms with Gasteiger partial charge in [-0.05, 0) is 19.9 Å².